The topological polar surface area (TPSA) is 73.8 Å². The minimum absolute atomic E-state index is 0.0142. The van der Waals surface area contributed by atoms with Crippen molar-refractivity contribution in [3.8, 4) is 10.7 Å². The quantitative estimate of drug-likeness (QED) is 0.661. The van der Waals surface area contributed by atoms with E-state index < -0.39 is 5.91 Å². The van der Waals surface area contributed by atoms with Crippen LogP contribution in [0.15, 0.2) is 40.9 Å². The van der Waals surface area contributed by atoms with Crippen LogP contribution in [-0.2, 0) is 17.1 Å². The van der Waals surface area contributed by atoms with Gasteiger partial charge in [-0.15, -0.1) is 21.5 Å². The third kappa shape index (κ3) is 3.77. The molecule has 0 radical (unpaired) electrons. The summed E-state index contributed by atoms with van der Waals surface area (Å²) in [5, 5.41) is 11.1. The SMILES string of the molecule is NC(=O)Cn1c(SCc2ccc(F)cc2Cl)nnc1-c1cccs1. The van der Waals surface area contributed by atoms with Gasteiger partial charge in [0.15, 0.2) is 11.0 Å². The minimum Gasteiger partial charge on any atom is -0.368 e. The van der Waals surface area contributed by atoms with Gasteiger partial charge in [-0.25, -0.2) is 4.39 Å². The lowest BCUT2D eigenvalue weighted by atomic mass is 10.2. The first kappa shape index (κ1) is 16.9. The molecule has 0 aliphatic rings. The molecule has 124 valence electrons. The number of nitrogens with two attached hydrogens (primary N) is 1. The summed E-state index contributed by atoms with van der Waals surface area (Å²) in [7, 11) is 0. The fourth-order valence-electron chi connectivity index (χ4n) is 2.06. The number of carbonyl (C=O) groups excluding carboxylic acids is 1. The van der Waals surface area contributed by atoms with Gasteiger partial charge in [-0.1, -0.05) is 35.5 Å². The third-order valence-electron chi connectivity index (χ3n) is 3.14. The lowest BCUT2D eigenvalue weighted by Crippen LogP contribution is -2.19. The third-order valence-corrected chi connectivity index (χ3v) is 5.38. The molecule has 2 heterocycles. The van der Waals surface area contributed by atoms with Gasteiger partial charge in [0, 0.05) is 10.8 Å². The number of thioether (sulfide) groups is 1. The molecule has 3 aromatic rings. The molecular formula is C15H12ClFN4OS2. The average Bonchev–Trinajstić information content (AvgIpc) is 3.16. The van der Waals surface area contributed by atoms with Crippen molar-refractivity contribution in [1.29, 1.82) is 0 Å². The zero-order valence-electron chi connectivity index (χ0n) is 12.3. The molecule has 0 aliphatic heterocycles. The molecule has 24 heavy (non-hydrogen) atoms. The molecule has 0 fully saturated rings. The highest BCUT2D eigenvalue weighted by atomic mass is 35.5. The van der Waals surface area contributed by atoms with Crippen LogP contribution in [0, 0.1) is 5.82 Å². The summed E-state index contributed by atoms with van der Waals surface area (Å²) in [6, 6.07) is 8.04. The van der Waals surface area contributed by atoms with Gasteiger partial charge in [0.05, 0.1) is 4.88 Å². The van der Waals surface area contributed by atoms with Crippen molar-refractivity contribution >= 4 is 40.6 Å². The van der Waals surface area contributed by atoms with Crippen molar-refractivity contribution < 1.29 is 9.18 Å². The Labute approximate surface area is 150 Å². The maximum atomic E-state index is 13.1. The van der Waals surface area contributed by atoms with E-state index in [0.29, 0.717) is 21.8 Å². The van der Waals surface area contributed by atoms with Crippen molar-refractivity contribution in [2.24, 2.45) is 5.73 Å². The van der Waals surface area contributed by atoms with Crippen molar-refractivity contribution in [3.05, 3.63) is 52.1 Å². The smallest absolute Gasteiger partial charge is 0.237 e. The monoisotopic (exact) mass is 382 g/mol. The number of thiophene rings is 1. The minimum atomic E-state index is -0.478. The van der Waals surface area contributed by atoms with Crippen molar-refractivity contribution in [1.82, 2.24) is 14.8 Å². The number of carbonyl (C=O) groups is 1. The summed E-state index contributed by atoms with van der Waals surface area (Å²) >= 11 is 8.90. The molecule has 2 aromatic heterocycles. The van der Waals surface area contributed by atoms with Crippen LogP contribution in [0.4, 0.5) is 4.39 Å². The van der Waals surface area contributed by atoms with E-state index >= 15 is 0 Å². The second-order valence-corrected chi connectivity index (χ2v) is 7.16. The van der Waals surface area contributed by atoms with Gasteiger partial charge in [-0.3, -0.25) is 9.36 Å². The number of benzene rings is 1. The molecule has 0 bridgehead atoms. The number of aromatic nitrogens is 3. The van der Waals surface area contributed by atoms with E-state index in [0.717, 1.165) is 10.4 Å². The number of nitrogens with zero attached hydrogens (tertiary/aromatic N) is 3. The zero-order chi connectivity index (χ0) is 17.1. The number of hydrogen-bond acceptors (Lipinski definition) is 5. The largest absolute Gasteiger partial charge is 0.368 e. The highest BCUT2D eigenvalue weighted by Gasteiger charge is 2.17. The summed E-state index contributed by atoms with van der Waals surface area (Å²) in [6.45, 7) is -0.0142. The number of primary amides is 1. The van der Waals surface area contributed by atoms with Gasteiger partial charge in [0.1, 0.15) is 12.4 Å². The van der Waals surface area contributed by atoms with Crippen LogP contribution in [0.2, 0.25) is 5.02 Å². The van der Waals surface area contributed by atoms with E-state index in [9.17, 15) is 9.18 Å². The average molecular weight is 383 g/mol. The lowest BCUT2D eigenvalue weighted by molar-refractivity contribution is -0.118. The molecule has 2 N–H and O–H groups in total. The molecule has 0 unspecified atom stereocenters. The van der Waals surface area contributed by atoms with Crippen molar-refractivity contribution in [2.45, 2.75) is 17.5 Å². The van der Waals surface area contributed by atoms with Crippen LogP contribution >= 0.6 is 34.7 Å². The van der Waals surface area contributed by atoms with Gasteiger partial charge in [0.25, 0.3) is 0 Å². The number of halogens is 2. The van der Waals surface area contributed by atoms with Crippen molar-refractivity contribution in [2.75, 3.05) is 0 Å². The summed E-state index contributed by atoms with van der Waals surface area (Å²) < 4.78 is 14.8. The highest BCUT2D eigenvalue weighted by Crippen LogP contribution is 2.30. The van der Waals surface area contributed by atoms with Gasteiger partial charge < -0.3 is 5.73 Å². The van der Waals surface area contributed by atoms with Crippen LogP contribution in [0.3, 0.4) is 0 Å². The Hall–Kier alpha value is -1.90. The van der Waals surface area contributed by atoms with E-state index in [1.54, 1.807) is 10.6 Å². The van der Waals surface area contributed by atoms with Gasteiger partial charge in [-0.05, 0) is 29.1 Å². The van der Waals surface area contributed by atoms with Crippen LogP contribution in [0.5, 0.6) is 0 Å². The van der Waals surface area contributed by atoms with Crippen LogP contribution in [-0.4, -0.2) is 20.7 Å². The first-order valence-electron chi connectivity index (χ1n) is 6.86. The molecule has 3 rings (SSSR count). The Balaban J connectivity index is 1.86. The van der Waals surface area contributed by atoms with E-state index in [1.165, 1.54) is 35.2 Å². The van der Waals surface area contributed by atoms with Crippen LogP contribution in [0.25, 0.3) is 10.7 Å². The van der Waals surface area contributed by atoms with Gasteiger partial charge in [0.2, 0.25) is 5.91 Å². The maximum Gasteiger partial charge on any atom is 0.237 e. The van der Waals surface area contributed by atoms with Crippen molar-refractivity contribution in [3.63, 3.8) is 0 Å². The lowest BCUT2D eigenvalue weighted by Gasteiger charge is -2.08. The van der Waals surface area contributed by atoms with Crippen LogP contribution < -0.4 is 5.73 Å². The summed E-state index contributed by atoms with van der Waals surface area (Å²) in [6.07, 6.45) is 0. The van der Waals surface area contributed by atoms with Crippen LogP contribution in [0.1, 0.15) is 5.56 Å². The molecule has 0 aliphatic carbocycles. The van der Waals surface area contributed by atoms with Gasteiger partial charge >= 0.3 is 0 Å². The first-order valence-corrected chi connectivity index (χ1v) is 9.11. The summed E-state index contributed by atoms with van der Waals surface area (Å²) in [4.78, 5) is 12.3. The highest BCUT2D eigenvalue weighted by molar-refractivity contribution is 7.98. The molecule has 5 nitrogen and oxygen atoms in total. The number of rotatable bonds is 6. The summed E-state index contributed by atoms with van der Waals surface area (Å²) in [5.74, 6) is 0.205. The first-order chi connectivity index (χ1) is 11.5. The number of amides is 1. The molecule has 0 saturated carbocycles. The van der Waals surface area contributed by atoms with E-state index in [1.807, 2.05) is 17.5 Å². The molecule has 1 aromatic carbocycles. The molecule has 1 amide bonds. The molecule has 9 heteroatoms. The second kappa shape index (κ2) is 7.33. The van der Waals surface area contributed by atoms with E-state index in [4.69, 9.17) is 17.3 Å². The number of hydrogen-bond donors (Lipinski definition) is 1. The Morgan fingerprint density at radius 3 is 2.88 bits per heavy atom. The molecular weight excluding hydrogens is 371 g/mol. The van der Waals surface area contributed by atoms with E-state index in [2.05, 4.69) is 10.2 Å². The fraction of sp³-hybridized carbons (Fsp3) is 0.133. The fourth-order valence-corrected chi connectivity index (χ4v) is 4.04. The Kier molecular flexibility index (Phi) is 5.17. The maximum absolute atomic E-state index is 13.1. The summed E-state index contributed by atoms with van der Waals surface area (Å²) in [5.41, 5.74) is 6.11. The molecule has 0 saturated heterocycles. The second-order valence-electron chi connectivity index (χ2n) is 4.86. The Morgan fingerprint density at radius 1 is 1.38 bits per heavy atom. The zero-order valence-corrected chi connectivity index (χ0v) is 14.7. The van der Waals surface area contributed by atoms with E-state index in [-0.39, 0.29) is 12.4 Å². The molecule has 0 atom stereocenters. The van der Waals surface area contributed by atoms with Gasteiger partial charge in [-0.2, -0.15) is 0 Å². The Morgan fingerprint density at radius 2 is 2.21 bits per heavy atom. The predicted molar refractivity (Wildman–Crippen MR) is 93.5 cm³/mol. The predicted octanol–water partition coefficient (Wildman–Crippen LogP) is 3.58. The standard InChI is InChI=1S/C15H12ClFN4OS2/c16-11-6-10(17)4-3-9(11)8-24-15-20-19-14(12-2-1-5-23-12)21(15)7-13(18)22/h1-6H,7-8H2,(H2,18,22). The molecule has 0 spiro atoms. The Bertz CT molecular complexity index is 866. The normalized spacial score (nSPS) is 10.9.